The average Bonchev–Trinajstić information content (AvgIpc) is 2.62. The van der Waals surface area contributed by atoms with Gasteiger partial charge in [-0.1, -0.05) is 30.3 Å². The molecule has 3 rings (SSSR count). The summed E-state index contributed by atoms with van der Waals surface area (Å²) in [5.74, 6) is 2.23. The van der Waals surface area contributed by atoms with Crippen molar-refractivity contribution in [2.24, 2.45) is 0 Å². The van der Waals surface area contributed by atoms with Crippen LogP contribution in [0.25, 0.3) is 0 Å². The normalized spacial score (nSPS) is 16.7. The predicted molar refractivity (Wildman–Crippen MR) is 89.8 cm³/mol. The molecule has 2 aromatic carbocycles. The van der Waals surface area contributed by atoms with E-state index in [1.165, 1.54) is 0 Å². The van der Waals surface area contributed by atoms with E-state index >= 15 is 0 Å². The van der Waals surface area contributed by atoms with Gasteiger partial charge in [0.15, 0.2) is 11.5 Å². The molecule has 24 heavy (non-hydrogen) atoms. The van der Waals surface area contributed by atoms with Crippen LogP contribution in [0.3, 0.4) is 0 Å². The largest absolute Gasteiger partial charge is 0.491 e. The maximum Gasteiger partial charge on any atom is 0.161 e. The summed E-state index contributed by atoms with van der Waals surface area (Å²) in [7, 11) is 0. The first-order valence-corrected chi connectivity index (χ1v) is 8.14. The van der Waals surface area contributed by atoms with E-state index in [0.29, 0.717) is 57.7 Å². The van der Waals surface area contributed by atoms with Gasteiger partial charge in [-0.2, -0.15) is 0 Å². The number of hydrogen-bond donors (Lipinski definition) is 0. The second-order valence-electron chi connectivity index (χ2n) is 5.26. The third-order valence-electron chi connectivity index (χ3n) is 3.55. The van der Waals surface area contributed by atoms with E-state index in [9.17, 15) is 0 Å². The lowest BCUT2D eigenvalue weighted by atomic mass is 10.2. The Balaban J connectivity index is 1.74. The Hall–Kier alpha value is -2.24. The Kier molecular flexibility index (Phi) is 6.33. The topological polar surface area (TPSA) is 46.2 Å². The fourth-order valence-corrected chi connectivity index (χ4v) is 2.35. The van der Waals surface area contributed by atoms with E-state index in [2.05, 4.69) is 0 Å². The first-order chi connectivity index (χ1) is 11.9. The number of ether oxygens (including phenoxy) is 5. The lowest BCUT2D eigenvalue weighted by Gasteiger charge is -2.16. The molecule has 1 heterocycles. The number of hydrogen-bond acceptors (Lipinski definition) is 5. The van der Waals surface area contributed by atoms with Gasteiger partial charge in [0.2, 0.25) is 0 Å². The van der Waals surface area contributed by atoms with Gasteiger partial charge in [0.1, 0.15) is 25.6 Å². The summed E-state index contributed by atoms with van der Waals surface area (Å²) in [5, 5.41) is 0. The number of para-hydroxylation sites is 3. The van der Waals surface area contributed by atoms with Crippen LogP contribution in [0.2, 0.25) is 0 Å². The second kappa shape index (κ2) is 9.15. The van der Waals surface area contributed by atoms with Crippen molar-refractivity contribution in [2.45, 2.75) is 6.61 Å². The van der Waals surface area contributed by atoms with Crippen LogP contribution in [-0.2, 0) is 16.1 Å². The number of rotatable bonds is 0. The third-order valence-corrected chi connectivity index (χ3v) is 3.55. The molecule has 0 atom stereocenters. The van der Waals surface area contributed by atoms with Crippen LogP contribution in [-0.4, -0.2) is 39.6 Å². The minimum atomic E-state index is 0.411. The fourth-order valence-electron chi connectivity index (χ4n) is 2.35. The molecule has 5 nitrogen and oxygen atoms in total. The Morgan fingerprint density at radius 1 is 0.500 bits per heavy atom. The van der Waals surface area contributed by atoms with E-state index in [-0.39, 0.29) is 0 Å². The monoisotopic (exact) mass is 330 g/mol. The van der Waals surface area contributed by atoms with Gasteiger partial charge in [0.25, 0.3) is 0 Å². The molecule has 128 valence electrons. The zero-order chi connectivity index (χ0) is 16.5. The molecule has 0 unspecified atom stereocenters. The summed E-state index contributed by atoms with van der Waals surface area (Å²) in [5.41, 5.74) is 0.989. The van der Waals surface area contributed by atoms with E-state index < -0.39 is 0 Å². The highest BCUT2D eigenvalue weighted by atomic mass is 16.6. The first-order valence-electron chi connectivity index (χ1n) is 8.14. The van der Waals surface area contributed by atoms with Gasteiger partial charge in [0.05, 0.1) is 26.4 Å². The molecule has 0 fully saturated rings. The van der Waals surface area contributed by atoms with Gasteiger partial charge in [-0.25, -0.2) is 0 Å². The molecule has 1 aliphatic rings. The number of fused-ring (bicyclic) bond motifs is 2. The van der Waals surface area contributed by atoms with Crippen molar-refractivity contribution in [3.05, 3.63) is 54.1 Å². The molecular weight excluding hydrogens is 308 g/mol. The van der Waals surface area contributed by atoms with Crippen molar-refractivity contribution >= 4 is 0 Å². The highest BCUT2D eigenvalue weighted by molar-refractivity contribution is 5.40. The third kappa shape index (κ3) is 4.88. The molecular formula is C19H22O5. The molecule has 5 heteroatoms. The fraction of sp³-hybridized carbons (Fsp3) is 0.368. The van der Waals surface area contributed by atoms with Crippen molar-refractivity contribution in [3.8, 4) is 17.2 Å². The first kappa shape index (κ1) is 16.6. The summed E-state index contributed by atoms with van der Waals surface area (Å²) in [6.07, 6.45) is 0. The lowest BCUT2D eigenvalue weighted by Crippen LogP contribution is -2.14. The Bertz CT molecular complexity index is 573. The maximum atomic E-state index is 5.94. The van der Waals surface area contributed by atoms with Gasteiger partial charge >= 0.3 is 0 Å². The van der Waals surface area contributed by atoms with Crippen LogP contribution in [0.15, 0.2) is 48.5 Å². The van der Waals surface area contributed by atoms with E-state index in [0.717, 1.165) is 11.3 Å². The van der Waals surface area contributed by atoms with Crippen molar-refractivity contribution < 1.29 is 23.7 Å². The van der Waals surface area contributed by atoms with E-state index in [4.69, 9.17) is 23.7 Å². The minimum Gasteiger partial charge on any atom is -0.491 e. The summed E-state index contributed by atoms with van der Waals surface area (Å²) in [4.78, 5) is 0. The quantitative estimate of drug-likeness (QED) is 0.743. The van der Waals surface area contributed by atoms with Gasteiger partial charge < -0.3 is 23.7 Å². The van der Waals surface area contributed by atoms with Crippen molar-refractivity contribution in [1.82, 2.24) is 0 Å². The molecule has 0 saturated carbocycles. The summed E-state index contributed by atoms with van der Waals surface area (Å²) < 4.78 is 28.4. The van der Waals surface area contributed by atoms with Crippen LogP contribution in [0, 0.1) is 0 Å². The van der Waals surface area contributed by atoms with Crippen LogP contribution in [0.1, 0.15) is 5.56 Å². The summed E-state index contributed by atoms with van der Waals surface area (Å²) >= 11 is 0. The molecule has 0 bridgehead atoms. The highest BCUT2D eigenvalue weighted by Crippen LogP contribution is 2.28. The molecule has 1 aliphatic heterocycles. The zero-order valence-corrected chi connectivity index (χ0v) is 13.6. The molecule has 0 amide bonds. The molecule has 0 aromatic heterocycles. The zero-order valence-electron chi connectivity index (χ0n) is 13.6. The van der Waals surface area contributed by atoms with Crippen molar-refractivity contribution in [2.75, 3.05) is 39.6 Å². The highest BCUT2D eigenvalue weighted by Gasteiger charge is 2.08. The standard InChI is InChI=1S/C19H22O5/c1-2-6-17-16(5-1)15-24-19-8-4-3-7-18(19)23-14-12-21-10-9-20-11-13-22-17/h1-8H,9-15H2. The van der Waals surface area contributed by atoms with Gasteiger partial charge in [0, 0.05) is 5.56 Å². The minimum absolute atomic E-state index is 0.411. The Morgan fingerprint density at radius 3 is 1.71 bits per heavy atom. The maximum absolute atomic E-state index is 5.94. The van der Waals surface area contributed by atoms with Crippen molar-refractivity contribution in [3.63, 3.8) is 0 Å². The molecule has 0 saturated heterocycles. The van der Waals surface area contributed by atoms with Crippen LogP contribution in [0.5, 0.6) is 17.2 Å². The average molecular weight is 330 g/mol. The van der Waals surface area contributed by atoms with Gasteiger partial charge in [-0.15, -0.1) is 0 Å². The molecule has 0 spiro atoms. The van der Waals surface area contributed by atoms with E-state index in [1.807, 2.05) is 48.5 Å². The van der Waals surface area contributed by atoms with Crippen molar-refractivity contribution in [1.29, 1.82) is 0 Å². The molecule has 2 aromatic rings. The van der Waals surface area contributed by atoms with Crippen LogP contribution >= 0.6 is 0 Å². The van der Waals surface area contributed by atoms with Crippen LogP contribution < -0.4 is 14.2 Å². The smallest absolute Gasteiger partial charge is 0.161 e. The SMILES string of the molecule is c1ccc2c(c1)COc1ccccc1OCCOCCOCCO2. The van der Waals surface area contributed by atoms with E-state index in [1.54, 1.807) is 0 Å². The van der Waals surface area contributed by atoms with Gasteiger partial charge in [-0.3, -0.25) is 0 Å². The molecule has 0 N–H and O–H groups in total. The summed E-state index contributed by atoms with van der Waals surface area (Å²) in [6, 6.07) is 15.5. The van der Waals surface area contributed by atoms with Crippen LogP contribution in [0.4, 0.5) is 0 Å². The molecule has 0 aliphatic carbocycles. The Morgan fingerprint density at radius 2 is 1.00 bits per heavy atom. The summed E-state index contributed by atoms with van der Waals surface area (Å²) in [6.45, 7) is 3.50. The second-order valence-corrected chi connectivity index (χ2v) is 5.26. The van der Waals surface area contributed by atoms with Gasteiger partial charge in [-0.05, 0) is 18.2 Å². The Labute approximate surface area is 142 Å². The number of benzene rings is 2. The molecule has 0 radical (unpaired) electrons. The lowest BCUT2D eigenvalue weighted by molar-refractivity contribution is 0.0265. The predicted octanol–water partition coefficient (Wildman–Crippen LogP) is 3.07.